The molecule has 4 rings (SSSR count). The van der Waals surface area contributed by atoms with Gasteiger partial charge >= 0.3 is 0 Å². The second-order valence-electron chi connectivity index (χ2n) is 6.18. The van der Waals surface area contributed by atoms with Crippen molar-refractivity contribution in [3.05, 3.63) is 70.8 Å². The van der Waals surface area contributed by atoms with Crippen molar-refractivity contribution in [3.63, 3.8) is 0 Å². The standard InChI is InChI=1S/C21H17N3O4/c1-12-9-16(25)19(26)20(28-12)18-17(13-5-3-7-15(10-13)27-2)23-21(24-18)14-6-4-8-22-11-14/h3-11,26H,1-2H3,(H,23,24). The molecule has 0 radical (unpaired) electrons. The van der Waals surface area contributed by atoms with Gasteiger partial charge in [0.15, 0.2) is 5.76 Å². The number of nitrogens with one attached hydrogen (secondary N) is 1. The molecule has 0 saturated carbocycles. The second-order valence-corrected chi connectivity index (χ2v) is 6.18. The Morgan fingerprint density at radius 2 is 1.96 bits per heavy atom. The van der Waals surface area contributed by atoms with Gasteiger partial charge in [0.1, 0.15) is 28.7 Å². The van der Waals surface area contributed by atoms with E-state index in [-0.39, 0.29) is 5.76 Å². The number of methoxy groups -OCH3 is 1. The number of aryl methyl sites for hydroxylation is 1. The molecule has 0 aliphatic heterocycles. The van der Waals surface area contributed by atoms with Crippen molar-refractivity contribution in [2.75, 3.05) is 7.11 Å². The molecule has 7 heteroatoms. The molecule has 0 spiro atoms. The van der Waals surface area contributed by atoms with Crippen LogP contribution >= 0.6 is 0 Å². The number of rotatable bonds is 4. The quantitative estimate of drug-likeness (QED) is 0.563. The number of hydrogen-bond donors (Lipinski definition) is 2. The summed E-state index contributed by atoms with van der Waals surface area (Å²) >= 11 is 0. The van der Waals surface area contributed by atoms with Gasteiger partial charge in [-0.05, 0) is 31.2 Å². The van der Waals surface area contributed by atoms with Gasteiger partial charge in [0, 0.05) is 29.6 Å². The number of ether oxygens (including phenoxy) is 1. The fraction of sp³-hybridized carbons (Fsp3) is 0.0952. The van der Waals surface area contributed by atoms with E-state index >= 15 is 0 Å². The molecule has 0 aliphatic rings. The lowest BCUT2D eigenvalue weighted by atomic mass is 10.1. The summed E-state index contributed by atoms with van der Waals surface area (Å²) in [5, 5.41) is 10.3. The average molecular weight is 375 g/mol. The van der Waals surface area contributed by atoms with Gasteiger partial charge in [0.2, 0.25) is 11.2 Å². The number of aromatic nitrogens is 3. The lowest BCUT2D eigenvalue weighted by Crippen LogP contribution is -2.01. The van der Waals surface area contributed by atoms with Crippen LogP contribution in [0, 0.1) is 6.92 Å². The monoisotopic (exact) mass is 375 g/mol. The van der Waals surface area contributed by atoms with Crippen molar-refractivity contribution >= 4 is 0 Å². The summed E-state index contributed by atoms with van der Waals surface area (Å²) in [6, 6.07) is 12.2. The highest BCUT2D eigenvalue weighted by molar-refractivity contribution is 5.81. The van der Waals surface area contributed by atoms with Crippen molar-refractivity contribution < 1.29 is 14.3 Å². The van der Waals surface area contributed by atoms with Crippen LogP contribution in [0.4, 0.5) is 0 Å². The maximum atomic E-state index is 12.1. The van der Waals surface area contributed by atoms with E-state index in [1.54, 1.807) is 32.5 Å². The molecule has 7 nitrogen and oxygen atoms in total. The Kier molecular flexibility index (Phi) is 4.41. The maximum Gasteiger partial charge on any atom is 0.227 e. The summed E-state index contributed by atoms with van der Waals surface area (Å²) in [6.07, 6.45) is 3.34. The molecule has 0 unspecified atom stereocenters. The fourth-order valence-electron chi connectivity index (χ4n) is 2.93. The summed E-state index contributed by atoms with van der Waals surface area (Å²) in [7, 11) is 1.58. The van der Waals surface area contributed by atoms with Crippen LogP contribution in [0.5, 0.6) is 11.5 Å². The summed E-state index contributed by atoms with van der Waals surface area (Å²) in [6.45, 7) is 1.65. The Morgan fingerprint density at radius 3 is 2.71 bits per heavy atom. The molecule has 0 amide bonds. The average Bonchev–Trinajstić information content (AvgIpc) is 3.16. The molecule has 0 atom stereocenters. The van der Waals surface area contributed by atoms with Crippen molar-refractivity contribution in [2.24, 2.45) is 0 Å². The number of nitrogens with zero attached hydrogens (tertiary/aromatic N) is 2. The zero-order chi connectivity index (χ0) is 19.7. The third-order valence-corrected chi connectivity index (χ3v) is 4.25. The Labute approximate surface area is 160 Å². The molecule has 0 bridgehead atoms. The first kappa shape index (κ1) is 17.5. The summed E-state index contributed by atoms with van der Waals surface area (Å²) in [4.78, 5) is 24.0. The molecule has 3 heterocycles. The van der Waals surface area contributed by atoms with Crippen molar-refractivity contribution in [1.82, 2.24) is 15.0 Å². The fourth-order valence-corrected chi connectivity index (χ4v) is 2.93. The highest BCUT2D eigenvalue weighted by Crippen LogP contribution is 2.37. The van der Waals surface area contributed by atoms with Gasteiger partial charge in [-0.3, -0.25) is 9.78 Å². The van der Waals surface area contributed by atoms with E-state index in [0.717, 1.165) is 11.1 Å². The van der Waals surface area contributed by atoms with Crippen molar-refractivity contribution in [3.8, 4) is 45.6 Å². The van der Waals surface area contributed by atoms with E-state index in [1.165, 1.54) is 6.07 Å². The summed E-state index contributed by atoms with van der Waals surface area (Å²) in [5.41, 5.74) is 1.89. The number of pyridine rings is 1. The number of aromatic amines is 1. The SMILES string of the molecule is COc1cccc(-c2nc(-c3cccnc3)[nH]c2-c2oc(C)cc(=O)c2O)c1. The van der Waals surface area contributed by atoms with Crippen LogP contribution in [-0.4, -0.2) is 27.2 Å². The third-order valence-electron chi connectivity index (χ3n) is 4.25. The highest BCUT2D eigenvalue weighted by atomic mass is 16.5. The topological polar surface area (TPSA) is 101 Å². The molecule has 0 fully saturated rings. The van der Waals surface area contributed by atoms with E-state index in [1.807, 2.05) is 30.3 Å². The summed E-state index contributed by atoms with van der Waals surface area (Å²) in [5.74, 6) is 1.13. The number of imidazole rings is 1. The smallest absolute Gasteiger partial charge is 0.227 e. The molecular formula is C21H17N3O4. The molecule has 0 aliphatic carbocycles. The minimum absolute atomic E-state index is 0.0328. The Morgan fingerprint density at radius 1 is 1.14 bits per heavy atom. The number of aromatic hydroxyl groups is 1. The molecule has 1 aromatic carbocycles. The second kappa shape index (κ2) is 7.03. The zero-order valence-corrected chi connectivity index (χ0v) is 15.3. The van der Waals surface area contributed by atoms with E-state index < -0.39 is 11.2 Å². The highest BCUT2D eigenvalue weighted by Gasteiger charge is 2.22. The molecule has 3 aromatic heterocycles. The lowest BCUT2D eigenvalue weighted by Gasteiger charge is -2.06. The summed E-state index contributed by atoms with van der Waals surface area (Å²) < 4.78 is 11.0. The van der Waals surface area contributed by atoms with Crippen LogP contribution in [0.3, 0.4) is 0 Å². The number of H-pyrrole nitrogens is 1. The van der Waals surface area contributed by atoms with Gasteiger partial charge in [0.25, 0.3) is 0 Å². The minimum atomic E-state index is -0.520. The molecule has 140 valence electrons. The van der Waals surface area contributed by atoms with Gasteiger partial charge in [-0.25, -0.2) is 4.98 Å². The van der Waals surface area contributed by atoms with Gasteiger partial charge in [-0.15, -0.1) is 0 Å². The van der Waals surface area contributed by atoms with Crippen LogP contribution in [0.25, 0.3) is 34.1 Å². The molecule has 28 heavy (non-hydrogen) atoms. The third kappa shape index (κ3) is 3.14. The first-order valence-corrected chi connectivity index (χ1v) is 8.55. The van der Waals surface area contributed by atoms with E-state index in [9.17, 15) is 9.90 Å². The zero-order valence-electron chi connectivity index (χ0n) is 15.3. The van der Waals surface area contributed by atoms with Gasteiger partial charge < -0.3 is 19.2 Å². The van der Waals surface area contributed by atoms with Crippen molar-refractivity contribution in [2.45, 2.75) is 6.92 Å². The molecule has 4 aromatic rings. The maximum absolute atomic E-state index is 12.1. The Hall–Kier alpha value is -3.87. The van der Waals surface area contributed by atoms with Gasteiger partial charge in [-0.1, -0.05) is 12.1 Å². The first-order chi connectivity index (χ1) is 13.6. The van der Waals surface area contributed by atoms with Crippen LogP contribution in [0.15, 0.2) is 64.1 Å². The van der Waals surface area contributed by atoms with Crippen LogP contribution in [-0.2, 0) is 0 Å². The lowest BCUT2D eigenvalue weighted by molar-refractivity contribution is 0.415. The van der Waals surface area contributed by atoms with Crippen LogP contribution in [0.1, 0.15) is 5.76 Å². The number of hydrogen-bond acceptors (Lipinski definition) is 6. The van der Waals surface area contributed by atoms with Gasteiger partial charge in [0.05, 0.1) is 7.11 Å². The van der Waals surface area contributed by atoms with E-state index in [4.69, 9.17) is 9.15 Å². The predicted octanol–water partition coefficient (Wildman–Crippen LogP) is 3.78. The first-order valence-electron chi connectivity index (χ1n) is 8.55. The Bertz CT molecular complexity index is 1200. The normalized spacial score (nSPS) is 10.8. The minimum Gasteiger partial charge on any atom is -0.501 e. The molecule has 0 saturated heterocycles. The molecular weight excluding hydrogens is 358 g/mol. The number of benzene rings is 1. The van der Waals surface area contributed by atoms with Crippen molar-refractivity contribution in [1.29, 1.82) is 0 Å². The van der Waals surface area contributed by atoms with Crippen LogP contribution < -0.4 is 10.2 Å². The molecule has 2 N–H and O–H groups in total. The predicted molar refractivity (Wildman–Crippen MR) is 104 cm³/mol. The van der Waals surface area contributed by atoms with E-state index in [2.05, 4.69) is 15.0 Å². The van der Waals surface area contributed by atoms with E-state index in [0.29, 0.717) is 28.7 Å². The Balaban J connectivity index is 1.99. The largest absolute Gasteiger partial charge is 0.501 e. The van der Waals surface area contributed by atoms with Gasteiger partial charge in [-0.2, -0.15) is 0 Å². The van der Waals surface area contributed by atoms with Crippen LogP contribution in [0.2, 0.25) is 0 Å².